The lowest BCUT2D eigenvalue weighted by Gasteiger charge is -2.15. The van der Waals surface area contributed by atoms with Crippen molar-refractivity contribution < 1.29 is 4.74 Å². The average molecular weight is 225 g/mol. The molecule has 1 aliphatic rings. The van der Waals surface area contributed by atoms with Gasteiger partial charge in [0.05, 0.1) is 19.2 Å². The van der Waals surface area contributed by atoms with Crippen LogP contribution in [0.1, 0.15) is 38.1 Å². The van der Waals surface area contributed by atoms with Gasteiger partial charge in [-0.1, -0.05) is 6.92 Å². The van der Waals surface area contributed by atoms with Gasteiger partial charge < -0.3 is 10.1 Å². The van der Waals surface area contributed by atoms with Crippen LogP contribution in [0, 0.1) is 0 Å². The van der Waals surface area contributed by atoms with Crippen LogP contribution in [0.4, 0.5) is 0 Å². The molecule has 1 aromatic rings. The molecule has 16 heavy (non-hydrogen) atoms. The molecule has 1 aliphatic carbocycles. The van der Waals surface area contributed by atoms with E-state index in [1.807, 2.05) is 4.68 Å². The third kappa shape index (κ3) is 2.76. The zero-order valence-corrected chi connectivity index (χ0v) is 9.89. The molecule has 90 valence electrons. The summed E-state index contributed by atoms with van der Waals surface area (Å²) in [5, 5.41) is 15.2. The standard InChI is InChI=1S/C10H19N5O/c1-3-8(7-16-2)11-6-10-12-13-14-15(10)9-4-5-9/h8-9,11H,3-7H2,1-2H3. The van der Waals surface area contributed by atoms with Crippen LogP contribution in [0.15, 0.2) is 0 Å². The van der Waals surface area contributed by atoms with Gasteiger partial charge in [-0.25, -0.2) is 4.68 Å². The Balaban J connectivity index is 1.85. The minimum absolute atomic E-state index is 0.370. The van der Waals surface area contributed by atoms with Gasteiger partial charge in [0.15, 0.2) is 5.82 Å². The van der Waals surface area contributed by atoms with Gasteiger partial charge in [0.2, 0.25) is 0 Å². The van der Waals surface area contributed by atoms with Crippen LogP contribution in [-0.4, -0.2) is 40.0 Å². The Morgan fingerprint density at radius 3 is 3.00 bits per heavy atom. The van der Waals surface area contributed by atoms with Crippen LogP contribution in [0.3, 0.4) is 0 Å². The van der Waals surface area contributed by atoms with E-state index in [0.29, 0.717) is 18.6 Å². The van der Waals surface area contributed by atoms with Crippen LogP contribution in [0.5, 0.6) is 0 Å². The normalized spacial score (nSPS) is 17.6. The third-order valence-corrected chi connectivity index (χ3v) is 2.86. The van der Waals surface area contributed by atoms with Crippen molar-refractivity contribution in [1.29, 1.82) is 0 Å². The molecule has 1 N–H and O–H groups in total. The van der Waals surface area contributed by atoms with E-state index in [-0.39, 0.29) is 0 Å². The van der Waals surface area contributed by atoms with Crippen LogP contribution < -0.4 is 5.32 Å². The number of aromatic nitrogens is 4. The minimum atomic E-state index is 0.370. The lowest BCUT2D eigenvalue weighted by atomic mass is 10.2. The SMILES string of the molecule is CCC(COC)NCc1nnnn1C1CC1. The van der Waals surface area contributed by atoms with Crippen LogP contribution in [0.25, 0.3) is 0 Å². The van der Waals surface area contributed by atoms with E-state index in [4.69, 9.17) is 4.74 Å². The van der Waals surface area contributed by atoms with Crippen molar-refractivity contribution in [3.8, 4) is 0 Å². The second kappa shape index (κ2) is 5.36. The zero-order valence-electron chi connectivity index (χ0n) is 9.89. The van der Waals surface area contributed by atoms with Crippen molar-refractivity contribution in [2.24, 2.45) is 0 Å². The number of hydrogen-bond donors (Lipinski definition) is 1. The topological polar surface area (TPSA) is 64.9 Å². The van der Waals surface area contributed by atoms with Gasteiger partial charge in [-0.2, -0.15) is 0 Å². The first-order valence-electron chi connectivity index (χ1n) is 5.84. The molecular formula is C10H19N5O. The van der Waals surface area contributed by atoms with Gasteiger partial charge in [-0.3, -0.25) is 0 Å². The molecule has 0 aromatic carbocycles. The lowest BCUT2D eigenvalue weighted by molar-refractivity contribution is 0.163. The first kappa shape index (κ1) is 11.5. The summed E-state index contributed by atoms with van der Waals surface area (Å²) < 4.78 is 7.07. The maximum absolute atomic E-state index is 5.13. The maximum atomic E-state index is 5.13. The molecule has 0 radical (unpaired) electrons. The van der Waals surface area contributed by atoms with Crippen molar-refractivity contribution >= 4 is 0 Å². The van der Waals surface area contributed by atoms with E-state index < -0.39 is 0 Å². The first-order valence-corrected chi connectivity index (χ1v) is 5.84. The van der Waals surface area contributed by atoms with Gasteiger partial charge in [0.25, 0.3) is 0 Å². The van der Waals surface area contributed by atoms with Gasteiger partial charge in [-0.15, -0.1) is 5.10 Å². The van der Waals surface area contributed by atoms with Crippen molar-refractivity contribution in [3.05, 3.63) is 5.82 Å². The number of rotatable bonds is 7. The lowest BCUT2D eigenvalue weighted by Crippen LogP contribution is -2.33. The van der Waals surface area contributed by atoms with E-state index in [1.54, 1.807) is 7.11 Å². The smallest absolute Gasteiger partial charge is 0.165 e. The molecule has 1 heterocycles. The molecule has 1 fully saturated rings. The number of methoxy groups -OCH3 is 1. The second-order valence-corrected chi connectivity index (χ2v) is 4.21. The van der Waals surface area contributed by atoms with Gasteiger partial charge in [-0.05, 0) is 29.7 Å². The number of tetrazole rings is 1. The predicted molar refractivity (Wildman–Crippen MR) is 58.9 cm³/mol. The predicted octanol–water partition coefficient (Wildman–Crippen LogP) is 0.523. The Bertz CT molecular complexity index is 323. The number of nitrogens with zero attached hydrogens (tertiary/aromatic N) is 4. The highest BCUT2D eigenvalue weighted by molar-refractivity contribution is 4.90. The fraction of sp³-hybridized carbons (Fsp3) is 0.900. The van der Waals surface area contributed by atoms with Crippen molar-refractivity contribution in [2.45, 2.75) is 44.8 Å². The molecule has 0 bridgehead atoms. The minimum Gasteiger partial charge on any atom is -0.383 e. The molecule has 2 rings (SSSR count). The third-order valence-electron chi connectivity index (χ3n) is 2.86. The summed E-state index contributed by atoms with van der Waals surface area (Å²) in [7, 11) is 1.72. The summed E-state index contributed by atoms with van der Waals surface area (Å²) in [6.07, 6.45) is 3.44. The Morgan fingerprint density at radius 2 is 2.38 bits per heavy atom. The van der Waals surface area contributed by atoms with Crippen molar-refractivity contribution in [1.82, 2.24) is 25.5 Å². The van der Waals surface area contributed by atoms with Gasteiger partial charge in [0, 0.05) is 13.2 Å². The Morgan fingerprint density at radius 1 is 1.56 bits per heavy atom. The Labute approximate surface area is 95.4 Å². The fourth-order valence-corrected chi connectivity index (χ4v) is 1.69. The summed E-state index contributed by atoms with van der Waals surface area (Å²) >= 11 is 0. The monoisotopic (exact) mass is 225 g/mol. The molecule has 0 aliphatic heterocycles. The van der Waals surface area contributed by atoms with Crippen LogP contribution >= 0.6 is 0 Å². The Kier molecular flexibility index (Phi) is 3.84. The number of ether oxygens (including phenoxy) is 1. The van der Waals surface area contributed by atoms with E-state index in [9.17, 15) is 0 Å². The van der Waals surface area contributed by atoms with E-state index in [2.05, 4.69) is 27.8 Å². The summed E-state index contributed by atoms with van der Waals surface area (Å²) in [5.74, 6) is 0.928. The molecule has 1 aromatic heterocycles. The molecule has 0 saturated heterocycles. The Hall–Kier alpha value is -1.01. The first-order chi connectivity index (χ1) is 7.85. The van der Waals surface area contributed by atoms with E-state index in [1.165, 1.54) is 12.8 Å². The molecule has 0 spiro atoms. The quantitative estimate of drug-likeness (QED) is 0.733. The summed E-state index contributed by atoms with van der Waals surface area (Å²) in [5.41, 5.74) is 0. The molecule has 6 nitrogen and oxygen atoms in total. The van der Waals surface area contributed by atoms with Crippen molar-refractivity contribution in [2.75, 3.05) is 13.7 Å². The summed E-state index contributed by atoms with van der Waals surface area (Å²) in [6.45, 7) is 3.58. The molecule has 1 unspecified atom stereocenters. The second-order valence-electron chi connectivity index (χ2n) is 4.21. The van der Waals surface area contributed by atoms with E-state index >= 15 is 0 Å². The van der Waals surface area contributed by atoms with Crippen LogP contribution in [-0.2, 0) is 11.3 Å². The maximum Gasteiger partial charge on any atom is 0.165 e. The number of nitrogens with one attached hydrogen (secondary N) is 1. The molecular weight excluding hydrogens is 206 g/mol. The molecule has 0 amide bonds. The average Bonchev–Trinajstić information content (AvgIpc) is 3.04. The largest absolute Gasteiger partial charge is 0.383 e. The van der Waals surface area contributed by atoms with E-state index in [0.717, 1.165) is 18.9 Å². The van der Waals surface area contributed by atoms with Crippen molar-refractivity contribution in [3.63, 3.8) is 0 Å². The van der Waals surface area contributed by atoms with Gasteiger partial charge >= 0.3 is 0 Å². The summed E-state index contributed by atoms with van der Waals surface area (Å²) in [4.78, 5) is 0. The molecule has 1 saturated carbocycles. The highest BCUT2D eigenvalue weighted by atomic mass is 16.5. The fourth-order valence-electron chi connectivity index (χ4n) is 1.69. The molecule has 6 heteroatoms. The highest BCUT2D eigenvalue weighted by Crippen LogP contribution is 2.34. The zero-order chi connectivity index (χ0) is 11.4. The summed E-state index contributed by atoms with van der Waals surface area (Å²) in [6, 6.07) is 0.906. The van der Waals surface area contributed by atoms with Gasteiger partial charge in [0.1, 0.15) is 0 Å². The molecule has 1 atom stereocenters. The van der Waals surface area contributed by atoms with Crippen LogP contribution in [0.2, 0.25) is 0 Å². The highest BCUT2D eigenvalue weighted by Gasteiger charge is 2.27. The number of hydrogen-bond acceptors (Lipinski definition) is 5.